The molecular formula is C10H18O. The molecular weight excluding hydrogens is 136 g/mol. The maximum atomic E-state index is 9.75. The zero-order chi connectivity index (χ0) is 8.95. The SMILES string of the molecule is C=C.CCCCCC=CC=O. The number of unbranched alkanes of at least 4 members (excludes halogenated alkanes) is 3. The van der Waals surface area contributed by atoms with Crippen LogP contribution in [0.5, 0.6) is 0 Å². The van der Waals surface area contributed by atoms with E-state index in [0.29, 0.717) is 0 Å². The van der Waals surface area contributed by atoms with E-state index in [1.807, 2.05) is 6.08 Å². The molecule has 0 aliphatic carbocycles. The fraction of sp³-hybridized carbons (Fsp3) is 0.500. The van der Waals surface area contributed by atoms with Crippen LogP contribution in [0, 0.1) is 0 Å². The van der Waals surface area contributed by atoms with Crippen LogP contribution in [0.25, 0.3) is 0 Å². The predicted molar refractivity (Wildman–Crippen MR) is 50.6 cm³/mol. The molecule has 0 spiro atoms. The van der Waals surface area contributed by atoms with Gasteiger partial charge in [-0.3, -0.25) is 4.79 Å². The third-order valence-electron chi connectivity index (χ3n) is 1.19. The minimum absolute atomic E-state index is 0.825. The van der Waals surface area contributed by atoms with E-state index >= 15 is 0 Å². The first kappa shape index (κ1) is 12.8. The quantitative estimate of drug-likeness (QED) is 0.257. The van der Waals surface area contributed by atoms with E-state index in [-0.39, 0.29) is 0 Å². The summed E-state index contributed by atoms with van der Waals surface area (Å²) in [6.07, 6.45) is 9.08. The second-order valence-electron chi connectivity index (χ2n) is 2.06. The van der Waals surface area contributed by atoms with Crippen molar-refractivity contribution in [1.82, 2.24) is 0 Å². The highest BCUT2D eigenvalue weighted by atomic mass is 16.1. The van der Waals surface area contributed by atoms with Crippen molar-refractivity contribution in [2.75, 3.05) is 0 Å². The molecule has 0 aliphatic heterocycles. The molecule has 0 amide bonds. The molecule has 1 nitrogen and oxygen atoms in total. The maximum Gasteiger partial charge on any atom is 0.142 e. The minimum Gasteiger partial charge on any atom is -0.299 e. The average Bonchev–Trinajstić information content (AvgIpc) is 2.08. The molecule has 0 atom stereocenters. The second kappa shape index (κ2) is 16.1. The molecule has 0 rings (SSSR count). The number of allylic oxidation sites excluding steroid dienone is 2. The third kappa shape index (κ3) is 17.6. The average molecular weight is 154 g/mol. The zero-order valence-electron chi connectivity index (χ0n) is 7.38. The Morgan fingerprint density at radius 2 is 1.91 bits per heavy atom. The van der Waals surface area contributed by atoms with Gasteiger partial charge in [-0.15, -0.1) is 13.2 Å². The summed E-state index contributed by atoms with van der Waals surface area (Å²) in [6.45, 7) is 8.17. The van der Waals surface area contributed by atoms with Crippen LogP contribution in [0.2, 0.25) is 0 Å². The van der Waals surface area contributed by atoms with E-state index in [0.717, 1.165) is 12.7 Å². The molecule has 0 bridgehead atoms. The summed E-state index contributed by atoms with van der Waals surface area (Å²) in [4.78, 5) is 9.75. The lowest BCUT2D eigenvalue weighted by molar-refractivity contribution is -0.104. The number of rotatable bonds is 5. The van der Waals surface area contributed by atoms with E-state index in [2.05, 4.69) is 20.1 Å². The molecule has 11 heavy (non-hydrogen) atoms. The molecule has 0 aromatic carbocycles. The summed E-state index contributed by atoms with van der Waals surface area (Å²) in [7, 11) is 0. The predicted octanol–water partition coefficient (Wildman–Crippen LogP) is 3.12. The molecule has 0 aliphatic rings. The number of aldehydes is 1. The molecule has 0 heterocycles. The summed E-state index contributed by atoms with van der Waals surface area (Å²) in [5, 5.41) is 0. The van der Waals surface area contributed by atoms with Gasteiger partial charge in [-0.25, -0.2) is 0 Å². The van der Waals surface area contributed by atoms with Gasteiger partial charge in [0.15, 0.2) is 0 Å². The molecule has 0 saturated carbocycles. The van der Waals surface area contributed by atoms with Gasteiger partial charge in [0.2, 0.25) is 0 Å². The lowest BCUT2D eigenvalue weighted by Crippen LogP contribution is -1.70. The Morgan fingerprint density at radius 1 is 1.27 bits per heavy atom. The lowest BCUT2D eigenvalue weighted by atomic mass is 10.2. The van der Waals surface area contributed by atoms with Gasteiger partial charge in [-0.2, -0.15) is 0 Å². The summed E-state index contributed by atoms with van der Waals surface area (Å²) < 4.78 is 0. The first-order valence-electron chi connectivity index (χ1n) is 4.02. The van der Waals surface area contributed by atoms with Crippen molar-refractivity contribution in [3.63, 3.8) is 0 Å². The van der Waals surface area contributed by atoms with Crippen molar-refractivity contribution in [2.45, 2.75) is 32.6 Å². The summed E-state index contributed by atoms with van der Waals surface area (Å²) in [5.41, 5.74) is 0. The van der Waals surface area contributed by atoms with Crippen molar-refractivity contribution in [2.24, 2.45) is 0 Å². The zero-order valence-corrected chi connectivity index (χ0v) is 7.38. The number of carbonyl (C=O) groups excluding carboxylic acids is 1. The summed E-state index contributed by atoms with van der Waals surface area (Å²) in [6, 6.07) is 0. The van der Waals surface area contributed by atoms with Gasteiger partial charge in [-0.1, -0.05) is 25.8 Å². The van der Waals surface area contributed by atoms with Crippen LogP contribution in [0.3, 0.4) is 0 Å². The lowest BCUT2D eigenvalue weighted by Gasteiger charge is -1.88. The molecule has 0 aromatic heterocycles. The van der Waals surface area contributed by atoms with Crippen LogP contribution in [-0.2, 0) is 4.79 Å². The molecule has 0 unspecified atom stereocenters. The van der Waals surface area contributed by atoms with Crippen molar-refractivity contribution >= 4 is 6.29 Å². The molecule has 1 heteroatoms. The summed E-state index contributed by atoms with van der Waals surface area (Å²) >= 11 is 0. The van der Waals surface area contributed by atoms with Gasteiger partial charge in [0.25, 0.3) is 0 Å². The highest BCUT2D eigenvalue weighted by molar-refractivity contribution is 5.64. The molecule has 0 radical (unpaired) electrons. The molecule has 0 fully saturated rings. The van der Waals surface area contributed by atoms with E-state index in [4.69, 9.17) is 0 Å². The van der Waals surface area contributed by atoms with Crippen molar-refractivity contribution < 1.29 is 4.79 Å². The van der Waals surface area contributed by atoms with Crippen LogP contribution in [-0.4, -0.2) is 6.29 Å². The van der Waals surface area contributed by atoms with Crippen molar-refractivity contribution in [3.05, 3.63) is 25.3 Å². The van der Waals surface area contributed by atoms with Crippen molar-refractivity contribution in [3.8, 4) is 0 Å². The Labute approximate surface area is 69.8 Å². The standard InChI is InChI=1S/C8H14O.C2H4/c1-2-3-4-5-6-7-8-9;1-2/h6-8H,2-5H2,1H3;1-2H2. The summed E-state index contributed by atoms with van der Waals surface area (Å²) in [5.74, 6) is 0. The van der Waals surface area contributed by atoms with Gasteiger partial charge in [0, 0.05) is 0 Å². The molecule has 0 N–H and O–H groups in total. The topological polar surface area (TPSA) is 17.1 Å². The normalized spacial score (nSPS) is 8.82. The van der Waals surface area contributed by atoms with Gasteiger partial charge in [0.1, 0.15) is 6.29 Å². The third-order valence-corrected chi connectivity index (χ3v) is 1.19. The van der Waals surface area contributed by atoms with Gasteiger partial charge >= 0.3 is 0 Å². The van der Waals surface area contributed by atoms with Crippen molar-refractivity contribution in [1.29, 1.82) is 0 Å². The second-order valence-corrected chi connectivity index (χ2v) is 2.06. The minimum atomic E-state index is 0.825. The fourth-order valence-electron chi connectivity index (χ4n) is 0.664. The molecule has 0 aromatic rings. The molecule has 64 valence electrons. The van der Waals surface area contributed by atoms with Crippen LogP contribution in [0.1, 0.15) is 32.6 Å². The Bertz CT molecular complexity index is 95.0. The Balaban J connectivity index is 0. The first-order chi connectivity index (χ1) is 5.41. The maximum absolute atomic E-state index is 9.75. The number of hydrogen-bond acceptors (Lipinski definition) is 1. The number of carbonyl (C=O) groups is 1. The van der Waals surface area contributed by atoms with Gasteiger partial charge < -0.3 is 0 Å². The van der Waals surface area contributed by atoms with Gasteiger partial charge in [0.05, 0.1) is 0 Å². The Kier molecular flexibility index (Phi) is 18.7. The van der Waals surface area contributed by atoms with E-state index in [1.165, 1.54) is 19.3 Å². The van der Waals surface area contributed by atoms with Gasteiger partial charge in [-0.05, 0) is 18.9 Å². The Hall–Kier alpha value is -0.850. The Morgan fingerprint density at radius 3 is 2.36 bits per heavy atom. The van der Waals surface area contributed by atoms with Crippen LogP contribution in [0.4, 0.5) is 0 Å². The van der Waals surface area contributed by atoms with Crippen LogP contribution < -0.4 is 0 Å². The van der Waals surface area contributed by atoms with E-state index in [9.17, 15) is 4.79 Å². The van der Waals surface area contributed by atoms with E-state index in [1.54, 1.807) is 6.08 Å². The monoisotopic (exact) mass is 154 g/mol. The number of hydrogen-bond donors (Lipinski definition) is 0. The van der Waals surface area contributed by atoms with Crippen LogP contribution >= 0.6 is 0 Å². The van der Waals surface area contributed by atoms with Crippen LogP contribution in [0.15, 0.2) is 25.3 Å². The fourth-order valence-corrected chi connectivity index (χ4v) is 0.664. The molecule has 0 saturated heterocycles. The highest BCUT2D eigenvalue weighted by Crippen LogP contribution is 1.98. The highest BCUT2D eigenvalue weighted by Gasteiger charge is 1.79. The van der Waals surface area contributed by atoms with E-state index < -0.39 is 0 Å². The largest absolute Gasteiger partial charge is 0.299 e. The smallest absolute Gasteiger partial charge is 0.142 e. The first-order valence-corrected chi connectivity index (χ1v) is 4.02.